The molecule has 0 aromatic rings. The minimum absolute atomic E-state index is 0.000275. The highest BCUT2D eigenvalue weighted by atomic mass is 16.5. The molecule has 0 heterocycles. The van der Waals surface area contributed by atoms with E-state index in [1.54, 1.807) is 6.92 Å². The van der Waals surface area contributed by atoms with Crippen molar-refractivity contribution in [3.05, 3.63) is 0 Å². The molecule has 0 amide bonds. The van der Waals surface area contributed by atoms with Crippen molar-refractivity contribution in [2.75, 3.05) is 13.3 Å². The fourth-order valence-electron chi connectivity index (χ4n) is 0.345. The molecular formula is C7H13NO2. The Hall–Kier alpha value is -0.700. The van der Waals surface area contributed by atoms with Crippen LogP contribution in [0.3, 0.4) is 0 Å². The maximum atomic E-state index is 10.6. The highest BCUT2D eigenvalue weighted by molar-refractivity contribution is 6.37. The van der Waals surface area contributed by atoms with Gasteiger partial charge in [0.25, 0.3) is 0 Å². The molecule has 0 bridgehead atoms. The molecule has 3 heteroatoms. The molecule has 10 heavy (non-hydrogen) atoms. The molecule has 0 aromatic carbocycles. The number of hydrogen-bond acceptors (Lipinski definition) is 3. The topological polar surface area (TPSA) is 38.7 Å². The first-order valence-electron chi connectivity index (χ1n) is 3.28. The number of carbonyl (C=O) groups excluding carboxylic acids is 1. The number of rotatable bonds is 4. The Morgan fingerprint density at radius 2 is 2.10 bits per heavy atom. The van der Waals surface area contributed by atoms with Crippen molar-refractivity contribution in [2.24, 2.45) is 4.99 Å². The van der Waals surface area contributed by atoms with Gasteiger partial charge in [-0.15, -0.1) is 0 Å². The Morgan fingerprint density at radius 3 is 2.50 bits per heavy atom. The molecule has 0 saturated carbocycles. The average molecular weight is 143 g/mol. The maximum Gasteiger partial charge on any atom is 0.173 e. The van der Waals surface area contributed by atoms with Crippen LogP contribution >= 0.6 is 0 Å². The minimum atomic E-state index is -0.000275. The minimum Gasteiger partial charge on any atom is -0.360 e. The Kier molecular flexibility index (Phi) is 4.76. The number of carbonyl (C=O) groups is 1. The molecule has 0 spiro atoms. The van der Waals surface area contributed by atoms with Gasteiger partial charge in [0.15, 0.2) is 5.78 Å². The third-order valence-corrected chi connectivity index (χ3v) is 1.11. The predicted molar refractivity (Wildman–Crippen MR) is 40.3 cm³/mol. The van der Waals surface area contributed by atoms with Gasteiger partial charge in [-0.2, -0.15) is 0 Å². The summed E-state index contributed by atoms with van der Waals surface area (Å²) in [6.07, 6.45) is 0. The molecule has 0 aromatic heterocycles. The molecule has 0 N–H and O–H groups in total. The number of Topliss-reactive ketones (excluding diaryl/α,β-unsaturated/α-hetero) is 1. The molecule has 0 aliphatic heterocycles. The van der Waals surface area contributed by atoms with E-state index in [2.05, 4.69) is 4.99 Å². The summed E-state index contributed by atoms with van der Waals surface area (Å²) in [6.45, 7) is 5.99. The van der Waals surface area contributed by atoms with Crippen molar-refractivity contribution < 1.29 is 9.53 Å². The monoisotopic (exact) mass is 143 g/mol. The lowest BCUT2D eigenvalue weighted by molar-refractivity contribution is -0.111. The molecule has 3 nitrogen and oxygen atoms in total. The van der Waals surface area contributed by atoms with Gasteiger partial charge in [0.1, 0.15) is 6.73 Å². The van der Waals surface area contributed by atoms with Crippen LogP contribution in [0.25, 0.3) is 0 Å². The first kappa shape index (κ1) is 9.30. The van der Waals surface area contributed by atoms with Gasteiger partial charge in [-0.3, -0.25) is 9.79 Å². The van der Waals surface area contributed by atoms with E-state index in [9.17, 15) is 4.79 Å². The summed E-state index contributed by atoms with van der Waals surface area (Å²) in [7, 11) is 0. The second kappa shape index (κ2) is 5.11. The summed E-state index contributed by atoms with van der Waals surface area (Å²) >= 11 is 0. The van der Waals surface area contributed by atoms with Gasteiger partial charge in [-0.1, -0.05) is 0 Å². The molecule has 0 unspecified atom stereocenters. The first-order chi connectivity index (χ1) is 4.68. The Bertz CT molecular complexity index is 141. The Morgan fingerprint density at radius 1 is 1.50 bits per heavy atom. The fraction of sp³-hybridized carbons (Fsp3) is 0.714. The van der Waals surface area contributed by atoms with Crippen molar-refractivity contribution in [2.45, 2.75) is 20.8 Å². The second-order valence-electron chi connectivity index (χ2n) is 1.92. The van der Waals surface area contributed by atoms with Gasteiger partial charge in [0.2, 0.25) is 0 Å². The van der Waals surface area contributed by atoms with E-state index in [4.69, 9.17) is 4.74 Å². The standard InChI is InChI=1S/C7H13NO2/c1-4-10-5-8-6(2)7(3)9/h4-5H2,1-3H3. The highest BCUT2D eigenvalue weighted by Crippen LogP contribution is 1.81. The summed E-state index contributed by atoms with van der Waals surface area (Å²) in [5, 5.41) is 0. The quantitative estimate of drug-likeness (QED) is 0.435. The third kappa shape index (κ3) is 4.21. The van der Waals surface area contributed by atoms with E-state index in [1.807, 2.05) is 6.92 Å². The van der Waals surface area contributed by atoms with Crippen LogP contribution in [-0.4, -0.2) is 24.8 Å². The molecule has 0 aliphatic rings. The zero-order chi connectivity index (χ0) is 7.98. The lowest BCUT2D eigenvalue weighted by atomic mass is 10.3. The fourth-order valence-corrected chi connectivity index (χ4v) is 0.345. The van der Waals surface area contributed by atoms with Crippen molar-refractivity contribution in [3.63, 3.8) is 0 Å². The molecule has 0 saturated heterocycles. The summed E-state index contributed by atoms with van der Waals surface area (Å²) in [5.74, 6) is -0.000275. The molecule has 58 valence electrons. The maximum absolute atomic E-state index is 10.6. The van der Waals surface area contributed by atoms with E-state index < -0.39 is 0 Å². The van der Waals surface area contributed by atoms with Crippen LogP contribution in [0, 0.1) is 0 Å². The summed E-state index contributed by atoms with van der Waals surface area (Å²) < 4.78 is 4.91. The Labute approximate surface area is 61.1 Å². The van der Waals surface area contributed by atoms with Crippen LogP contribution in [0.4, 0.5) is 0 Å². The number of ether oxygens (including phenoxy) is 1. The van der Waals surface area contributed by atoms with Gasteiger partial charge in [-0.05, 0) is 13.8 Å². The van der Waals surface area contributed by atoms with Crippen LogP contribution in [0.2, 0.25) is 0 Å². The van der Waals surface area contributed by atoms with E-state index in [1.165, 1.54) is 6.92 Å². The zero-order valence-corrected chi connectivity index (χ0v) is 6.68. The van der Waals surface area contributed by atoms with Gasteiger partial charge in [0, 0.05) is 13.5 Å². The predicted octanol–water partition coefficient (Wildman–Crippen LogP) is 1.03. The normalized spacial score (nSPS) is 11.7. The zero-order valence-electron chi connectivity index (χ0n) is 6.68. The van der Waals surface area contributed by atoms with Crippen LogP contribution in [0.1, 0.15) is 20.8 Å². The Balaban J connectivity index is 3.58. The summed E-state index contributed by atoms with van der Waals surface area (Å²) in [4.78, 5) is 14.4. The van der Waals surface area contributed by atoms with Crippen molar-refractivity contribution >= 4 is 11.5 Å². The van der Waals surface area contributed by atoms with Crippen LogP contribution in [0.5, 0.6) is 0 Å². The van der Waals surface area contributed by atoms with Crippen molar-refractivity contribution in [1.82, 2.24) is 0 Å². The first-order valence-corrected chi connectivity index (χ1v) is 3.28. The number of hydrogen-bond donors (Lipinski definition) is 0. The molecule has 0 atom stereocenters. The number of ketones is 1. The lowest BCUT2D eigenvalue weighted by Crippen LogP contribution is -2.06. The van der Waals surface area contributed by atoms with Crippen molar-refractivity contribution in [1.29, 1.82) is 0 Å². The molecular weight excluding hydrogens is 130 g/mol. The van der Waals surface area contributed by atoms with Crippen LogP contribution in [0.15, 0.2) is 4.99 Å². The summed E-state index contributed by atoms with van der Waals surface area (Å²) in [5.41, 5.74) is 0.522. The molecule has 0 fully saturated rings. The smallest absolute Gasteiger partial charge is 0.173 e. The lowest BCUT2D eigenvalue weighted by Gasteiger charge is -1.95. The van der Waals surface area contributed by atoms with Gasteiger partial charge in [-0.25, -0.2) is 0 Å². The van der Waals surface area contributed by atoms with Crippen LogP contribution in [-0.2, 0) is 9.53 Å². The van der Waals surface area contributed by atoms with Crippen molar-refractivity contribution in [3.8, 4) is 0 Å². The molecule has 0 aliphatic carbocycles. The average Bonchev–Trinajstić information content (AvgIpc) is 1.88. The van der Waals surface area contributed by atoms with Gasteiger partial charge in [0.05, 0.1) is 5.71 Å². The van der Waals surface area contributed by atoms with E-state index in [-0.39, 0.29) is 5.78 Å². The SMILES string of the molecule is CCOCN=C(C)C(C)=O. The molecule has 0 radical (unpaired) electrons. The highest BCUT2D eigenvalue weighted by Gasteiger charge is 1.94. The largest absolute Gasteiger partial charge is 0.360 e. The number of aliphatic imine (C=N–C) groups is 1. The van der Waals surface area contributed by atoms with Crippen LogP contribution < -0.4 is 0 Å². The summed E-state index contributed by atoms with van der Waals surface area (Å²) in [6, 6.07) is 0. The third-order valence-electron chi connectivity index (χ3n) is 1.11. The van der Waals surface area contributed by atoms with E-state index in [0.29, 0.717) is 19.0 Å². The second-order valence-corrected chi connectivity index (χ2v) is 1.92. The van der Waals surface area contributed by atoms with E-state index >= 15 is 0 Å². The number of nitrogens with zero attached hydrogens (tertiary/aromatic N) is 1. The van der Waals surface area contributed by atoms with Gasteiger partial charge < -0.3 is 4.74 Å². The van der Waals surface area contributed by atoms with E-state index in [0.717, 1.165) is 0 Å². The van der Waals surface area contributed by atoms with Gasteiger partial charge >= 0.3 is 0 Å². The molecule has 0 rings (SSSR count).